The van der Waals surface area contributed by atoms with E-state index in [1.54, 1.807) is 0 Å². The molecule has 0 unspecified atom stereocenters. The van der Waals surface area contributed by atoms with Crippen LogP contribution >= 0.6 is 22.2 Å². The van der Waals surface area contributed by atoms with Gasteiger partial charge >= 0.3 is 0 Å². The molecule has 0 aliphatic rings. The lowest BCUT2D eigenvalue weighted by Gasteiger charge is -2.15. The molecule has 70 valence electrons. The van der Waals surface area contributed by atoms with Crippen molar-refractivity contribution in [3.05, 3.63) is 42.0 Å². The Balaban J connectivity index is 3.08. The second-order valence-electron chi connectivity index (χ2n) is 2.96. The molecule has 13 heavy (non-hydrogen) atoms. The minimum Gasteiger partial charge on any atom is -0.140 e. The van der Waals surface area contributed by atoms with Crippen LogP contribution in [0.2, 0.25) is 6.55 Å². The summed E-state index contributed by atoms with van der Waals surface area (Å²) in [6, 6.07) is 10.0. The highest BCUT2D eigenvalue weighted by atomic mass is 35.7. The van der Waals surface area contributed by atoms with Crippen molar-refractivity contribution in [2.75, 3.05) is 0 Å². The van der Waals surface area contributed by atoms with Crippen molar-refractivity contribution in [1.82, 2.24) is 0 Å². The smallest absolute Gasteiger partial charge is 0.140 e. The molecule has 0 N–H and O–H groups in total. The Kier molecular flexibility index (Phi) is 3.60. The zero-order valence-corrected chi connectivity index (χ0v) is 10.2. The van der Waals surface area contributed by atoms with Crippen molar-refractivity contribution < 1.29 is 0 Å². The van der Waals surface area contributed by atoms with Crippen LogP contribution < -0.4 is 0 Å². The van der Waals surface area contributed by atoms with Crippen LogP contribution in [0, 0.1) is 0 Å². The van der Waals surface area contributed by atoms with E-state index in [4.69, 9.17) is 22.2 Å². The van der Waals surface area contributed by atoms with Crippen LogP contribution in [0.5, 0.6) is 0 Å². The topological polar surface area (TPSA) is 0 Å². The Labute approximate surface area is 89.6 Å². The molecule has 0 aromatic heterocycles. The third kappa shape index (κ3) is 2.87. The first-order valence-corrected chi connectivity index (χ1v) is 8.68. The molecule has 0 bridgehead atoms. The molecule has 0 saturated carbocycles. The lowest BCUT2D eigenvalue weighted by Crippen LogP contribution is -2.16. The molecule has 0 amide bonds. The van der Waals surface area contributed by atoms with Crippen LogP contribution in [-0.2, 0) is 0 Å². The monoisotopic (exact) mass is 230 g/mol. The molecule has 3 heteroatoms. The van der Waals surface area contributed by atoms with Gasteiger partial charge in [-0.15, -0.1) is 22.2 Å². The van der Waals surface area contributed by atoms with E-state index < -0.39 is 6.69 Å². The summed E-state index contributed by atoms with van der Waals surface area (Å²) in [6.07, 6.45) is 2.00. The number of rotatable bonds is 2. The van der Waals surface area contributed by atoms with Crippen LogP contribution in [0.1, 0.15) is 12.5 Å². The van der Waals surface area contributed by atoms with Gasteiger partial charge in [0.2, 0.25) is 0 Å². The molecule has 0 spiro atoms. The van der Waals surface area contributed by atoms with Gasteiger partial charge in [-0.3, -0.25) is 0 Å². The van der Waals surface area contributed by atoms with Gasteiger partial charge in [0, 0.05) is 0 Å². The van der Waals surface area contributed by atoms with Crippen molar-refractivity contribution in [1.29, 1.82) is 0 Å². The maximum atomic E-state index is 6.17. The third-order valence-electron chi connectivity index (χ3n) is 1.85. The molecule has 0 aliphatic carbocycles. The second-order valence-corrected chi connectivity index (χ2v) is 10.4. The van der Waals surface area contributed by atoms with Crippen LogP contribution in [0.15, 0.2) is 36.4 Å². The molecule has 1 aromatic carbocycles. The van der Waals surface area contributed by atoms with Crippen molar-refractivity contribution >= 4 is 34.0 Å². The standard InChI is InChI=1S/C10H12Cl2Si/c1-3-10(13(2,11)12)9-7-5-4-6-8-9/h3-8H,1-2H3/b10-3+. The van der Waals surface area contributed by atoms with E-state index in [1.807, 2.05) is 49.9 Å². The molecule has 1 aromatic rings. The van der Waals surface area contributed by atoms with Gasteiger partial charge in [-0.25, -0.2) is 0 Å². The number of halogens is 2. The summed E-state index contributed by atoms with van der Waals surface area (Å²) in [5.41, 5.74) is 1.13. The van der Waals surface area contributed by atoms with Crippen LogP contribution in [0.25, 0.3) is 5.20 Å². The molecular formula is C10H12Cl2Si. The Hall–Kier alpha value is -0.243. The lowest BCUT2D eigenvalue weighted by molar-refractivity contribution is 1.62. The number of hydrogen-bond acceptors (Lipinski definition) is 0. The molecular weight excluding hydrogens is 219 g/mol. The van der Waals surface area contributed by atoms with Crippen LogP contribution in [0.4, 0.5) is 0 Å². The van der Waals surface area contributed by atoms with E-state index in [0.717, 1.165) is 10.8 Å². The minimum absolute atomic E-state index is 1.08. The number of hydrogen-bond donors (Lipinski definition) is 0. The fraction of sp³-hybridized carbons (Fsp3) is 0.200. The summed E-state index contributed by atoms with van der Waals surface area (Å²) in [6.45, 7) is 1.66. The third-order valence-corrected chi connectivity index (χ3v) is 4.59. The zero-order valence-electron chi connectivity index (χ0n) is 7.72. The largest absolute Gasteiger partial charge is 0.278 e. The van der Waals surface area contributed by atoms with Gasteiger partial charge in [-0.2, -0.15) is 0 Å². The van der Waals surface area contributed by atoms with Crippen molar-refractivity contribution in [2.45, 2.75) is 13.5 Å². The summed E-state index contributed by atoms with van der Waals surface area (Å²) in [5, 5.41) is 1.08. The molecule has 0 aliphatic heterocycles. The lowest BCUT2D eigenvalue weighted by atomic mass is 10.2. The maximum Gasteiger partial charge on any atom is 0.278 e. The average Bonchev–Trinajstić information content (AvgIpc) is 2.05. The van der Waals surface area contributed by atoms with E-state index in [-0.39, 0.29) is 0 Å². The Morgan fingerprint density at radius 2 is 1.77 bits per heavy atom. The van der Waals surface area contributed by atoms with Gasteiger partial charge in [0.15, 0.2) is 0 Å². The van der Waals surface area contributed by atoms with E-state index in [0.29, 0.717) is 0 Å². The molecule has 0 heterocycles. The molecule has 0 fully saturated rings. The molecule has 0 nitrogen and oxygen atoms in total. The molecule has 1 rings (SSSR count). The highest BCUT2D eigenvalue weighted by Gasteiger charge is 2.27. The molecule has 0 radical (unpaired) electrons. The maximum absolute atomic E-state index is 6.17. The summed E-state index contributed by atoms with van der Waals surface area (Å²) < 4.78 is 0. The summed E-state index contributed by atoms with van der Waals surface area (Å²) >= 11 is 12.3. The average molecular weight is 231 g/mol. The molecule has 0 saturated heterocycles. The van der Waals surface area contributed by atoms with Gasteiger partial charge in [0.05, 0.1) is 0 Å². The van der Waals surface area contributed by atoms with Crippen LogP contribution in [0.3, 0.4) is 0 Å². The fourth-order valence-electron chi connectivity index (χ4n) is 1.29. The zero-order chi connectivity index (χ0) is 9.90. The SMILES string of the molecule is C/C=C(\c1ccccc1)[Si](C)(Cl)Cl. The minimum atomic E-state index is -2.22. The van der Waals surface area contributed by atoms with Gasteiger partial charge in [0.1, 0.15) is 0 Å². The molecule has 0 atom stereocenters. The predicted molar refractivity (Wildman–Crippen MR) is 63.4 cm³/mol. The predicted octanol–water partition coefficient (Wildman–Crippen LogP) is 4.18. The Morgan fingerprint density at radius 1 is 1.23 bits per heavy atom. The van der Waals surface area contributed by atoms with Crippen molar-refractivity contribution in [3.8, 4) is 0 Å². The van der Waals surface area contributed by atoms with E-state index in [2.05, 4.69) is 0 Å². The van der Waals surface area contributed by atoms with Gasteiger partial charge < -0.3 is 0 Å². The van der Waals surface area contributed by atoms with Gasteiger partial charge in [-0.1, -0.05) is 36.4 Å². The first-order valence-electron chi connectivity index (χ1n) is 4.15. The first kappa shape index (κ1) is 10.8. The van der Waals surface area contributed by atoms with Crippen LogP contribution in [-0.4, -0.2) is 6.69 Å². The van der Waals surface area contributed by atoms with E-state index >= 15 is 0 Å². The number of allylic oxidation sites excluding steroid dienone is 1. The Morgan fingerprint density at radius 3 is 2.15 bits per heavy atom. The Bertz CT molecular complexity index is 298. The number of benzene rings is 1. The normalized spacial score (nSPS) is 13.1. The first-order chi connectivity index (χ1) is 6.05. The summed E-state index contributed by atoms with van der Waals surface area (Å²) in [4.78, 5) is 0. The summed E-state index contributed by atoms with van der Waals surface area (Å²) in [7, 11) is 0. The van der Waals surface area contributed by atoms with Gasteiger partial charge in [0.25, 0.3) is 6.69 Å². The van der Waals surface area contributed by atoms with Crippen molar-refractivity contribution in [3.63, 3.8) is 0 Å². The van der Waals surface area contributed by atoms with Gasteiger partial charge in [-0.05, 0) is 24.2 Å². The summed E-state index contributed by atoms with van der Waals surface area (Å²) in [5.74, 6) is 0. The van der Waals surface area contributed by atoms with Crippen molar-refractivity contribution in [2.24, 2.45) is 0 Å². The highest BCUT2D eigenvalue weighted by Crippen LogP contribution is 2.31. The second kappa shape index (κ2) is 4.31. The van der Waals surface area contributed by atoms with E-state index in [1.165, 1.54) is 0 Å². The fourth-order valence-corrected chi connectivity index (χ4v) is 3.78. The highest BCUT2D eigenvalue weighted by molar-refractivity contribution is 7.52. The quantitative estimate of drug-likeness (QED) is 0.529. The van der Waals surface area contributed by atoms with E-state index in [9.17, 15) is 0 Å².